The third-order valence-corrected chi connectivity index (χ3v) is 6.30. The zero-order chi connectivity index (χ0) is 16.0. The number of sulfonamides is 2. The zero-order valence-electron chi connectivity index (χ0n) is 11.5. The maximum Gasteiger partial charge on any atom is 0.264 e. The Morgan fingerprint density at radius 1 is 0.909 bits per heavy atom. The Bertz CT molecular complexity index is 923. The smallest absolute Gasteiger partial charge is 0.264 e. The average Bonchev–Trinajstić information content (AvgIpc) is 2.91. The molecule has 6 nitrogen and oxygen atoms in total. The summed E-state index contributed by atoms with van der Waals surface area (Å²) in [6, 6.07) is 12.4. The van der Waals surface area contributed by atoms with Crippen LogP contribution < -0.4 is 9.44 Å². The van der Waals surface area contributed by atoms with Gasteiger partial charge in [-0.05, 0) is 42.3 Å². The topological polar surface area (TPSA) is 97.5 Å². The highest BCUT2D eigenvalue weighted by molar-refractivity contribution is 7.92. The number of primary sulfonamides is 1. The lowest BCUT2D eigenvalue weighted by molar-refractivity contribution is 0.592. The van der Waals surface area contributed by atoms with E-state index in [1.165, 1.54) is 34.6 Å². The number of hydrogen-bond acceptors (Lipinski definition) is 4. The normalized spacial score (nSPS) is 14.9. The third-order valence-electron chi connectivity index (χ3n) is 3.56. The summed E-state index contributed by atoms with van der Waals surface area (Å²) in [6.45, 7) is 0.278. The van der Waals surface area contributed by atoms with Crippen molar-refractivity contribution in [3.63, 3.8) is 0 Å². The summed E-state index contributed by atoms with van der Waals surface area (Å²) >= 11 is 0. The standard InChI is InChI=1S/C14H14N2O4S2/c15-21(17,18)13-6-7-14-11(10-13)8-9-16(14)22(19,20)12-4-2-1-3-5-12/h1-7,10H,8-9H2,(H2,15,17,18). The second kappa shape index (κ2) is 5.08. The number of nitrogens with zero attached hydrogens (tertiary/aromatic N) is 1. The highest BCUT2D eigenvalue weighted by Gasteiger charge is 2.31. The highest BCUT2D eigenvalue weighted by atomic mass is 32.2. The lowest BCUT2D eigenvalue weighted by Crippen LogP contribution is -2.29. The number of fused-ring (bicyclic) bond motifs is 1. The minimum absolute atomic E-state index is 0.00907. The third kappa shape index (κ3) is 2.49. The molecule has 0 radical (unpaired) electrons. The molecule has 8 heteroatoms. The molecule has 1 aliphatic rings. The number of anilines is 1. The van der Waals surface area contributed by atoms with Gasteiger partial charge in [0.25, 0.3) is 10.0 Å². The van der Waals surface area contributed by atoms with E-state index < -0.39 is 20.0 Å². The molecule has 0 aliphatic carbocycles. The number of benzene rings is 2. The van der Waals surface area contributed by atoms with Crippen LogP contribution >= 0.6 is 0 Å². The van der Waals surface area contributed by atoms with Crippen LogP contribution in [0.25, 0.3) is 0 Å². The van der Waals surface area contributed by atoms with Crippen LogP contribution in [0.3, 0.4) is 0 Å². The van der Waals surface area contributed by atoms with Crippen molar-refractivity contribution in [1.29, 1.82) is 0 Å². The van der Waals surface area contributed by atoms with Gasteiger partial charge in [-0.15, -0.1) is 0 Å². The van der Waals surface area contributed by atoms with Crippen LogP contribution in [-0.2, 0) is 26.5 Å². The van der Waals surface area contributed by atoms with E-state index in [9.17, 15) is 16.8 Å². The van der Waals surface area contributed by atoms with E-state index >= 15 is 0 Å². The van der Waals surface area contributed by atoms with Crippen molar-refractivity contribution in [3.05, 3.63) is 54.1 Å². The Morgan fingerprint density at radius 3 is 2.23 bits per heavy atom. The highest BCUT2D eigenvalue weighted by Crippen LogP contribution is 2.34. The Balaban J connectivity index is 2.06. The van der Waals surface area contributed by atoms with Crippen molar-refractivity contribution in [2.45, 2.75) is 16.2 Å². The molecule has 3 rings (SSSR count). The van der Waals surface area contributed by atoms with E-state index in [4.69, 9.17) is 5.14 Å². The van der Waals surface area contributed by atoms with Crippen molar-refractivity contribution >= 4 is 25.7 Å². The molecule has 0 unspecified atom stereocenters. The molecule has 0 saturated carbocycles. The van der Waals surface area contributed by atoms with Gasteiger partial charge in [0.05, 0.1) is 15.5 Å². The molecule has 1 aliphatic heterocycles. The predicted octanol–water partition coefficient (Wildman–Crippen LogP) is 1.09. The van der Waals surface area contributed by atoms with Crippen molar-refractivity contribution in [1.82, 2.24) is 0 Å². The average molecular weight is 338 g/mol. The SMILES string of the molecule is NS(=O)(=O)c1ccc2c(c1)CCN2S(=O)(=O)c1ccccc1. The van der Waals surface area contributed by atoms with Gasteiger partial charge in [0.1, 0.15) is 0 Å². The van der Waals surface area contributed by atoms with Gasteiger partial charge in [0.15, 0.2) is 0 Å². The van der Waals surface area contributed by atoms with Gasteiger partial charge in [-0.2, -0.15) is 0 Å². The fraction of sp³-hybridized carbons (Fsp3) is 0.143. The van der Waals surface area contributed by atoms with E-state index in [1.54, 1.807) is 18.2 Å². The molecule has 0 fully saturated rings. The fourth-order valence-electron chi connectivity index (χ4n) is 2.49. The van der Waals surface area contributed by atoms with Gasteiger partial charge in [0, 0.05) is 6.54 Å². The van der Waals surface area contributed by atoms with E-state index in [0.717, 1.165) is 0 Å². The monoisotopic (exact) mass is 338 g/mol. The number of hydrogen-bond donors (Lipinski definition) is 1. The van der Waals surface area contributed by atoms with Crippen LogP contribution in [0.5, 0.6) is 0 Å². The van der Waals surface area contributed by atoms with Gasteiger partial charge < -0.3 is 0 Å². The minimum Gasteiger partial charge on any atom is -0.266 e. The van der Waals surface area contributed by atoms with Crippen LogP contribution in [0.1, 0.15) is 5.56 Å². The molecule has 2 aromatic carbocycles. The Labute approximate surface area is 129 Å². The van der Waals surface area contributed by atoms with Gasteiger partial charge in [-0.3, -0.25) is 4.31 Å². The van der Waals surface area contributed by atoms with Crippen molar-refractivity contribution in [2.75, 3.05) is 10.8 Å². The molecule has 0 saturated heterocycles. The van der Waals surface area contributed by atoms with E-state index in [-0.39, 0.29) is 16.3 Å². The van der Waals surface area contributed by atoms with Crippen LogP contribution in [0.2, 0.25) is 0 Å². The molecule has 1 heterocycles. The minimum atomic E-state index is -3.80. The summed E-state index contributed by atoms with van der Waals surface area (Å²) in [5.41, 5.74) is 1.15. The predicted molar refractivity (Wildman–Crippen MR) is 82.5 cm³/mol. The fourth-order valence-corrected chi connectivity index (χ4v) is 4.58. The second-order valence-electron chi connectivity index (χ2n) is 4.98. The summed E-state index contributed by atoms with van der Waals surface area (Å²) in [6.07, 6.45) is 0.449. The maximum atomic E-state index is 12.7. The molecule has 0 amide bonds. The summed E-state index contributed by atoms with van der Waals surface area (Å²) in [7, 11) is -7.45. The van der Waals surface area contributed by atoms with Crippen molar-refractivity contribution in [2.24, 2.45) is 5.14 Å². The van der Waals surface area contributed by atoms with Gasteiger partial charge >= 0.3 is 0 Å². The molecular weight excluding hydrogens is 324 g/mol. The van der Waals surface area contributed by atoms with Gasteiger partial charge in [-0.1, -0.05) is 18.2 Å². The molecule has 22 heavy (non-hydrogen) atoms. The van der Waals surface area contributed by atoms with E-state index in [0.29, 0.717) is 17.7 Å². The summed E-state index contributed by atoms with van der Waals surface area (Å²) in [4.78, 5) is 0.198. The zero-order valence-corrected chi connectivity index (χ0v) is 13.1. The first kappa shape index (κ1) is 15.0. The molecule has 0 bridgehead atoms. The van der Waals surface area contributed by atoms with Crippen molar-refractivity contribution < 1.29 is 16.8 Å². The second-order valence-corrected chi connectivity index (χ2v) is 8.40. The van der Waals surface area contributed by atoms with Crippen molar-refractivity contribution in [3.8, 4) is 0 Å². The molecule has 116 valence electrons. The summed E-state index contributed by atoms with van der Waals surface area (Å²) in [5, 5.41) is 5.10. The molecule has 0 aromatic heterocycles. The molecular formula is C14H14N2O4S2. The Hall–Kier alpha value is -1.90. The maximum absolute atomic E-state index is 12.7. The lowest BCUT2D eigenvalue weighted by atomic mass is 10.2. The van der Waals surface area contributed by atoms with Crippen LogP contribution in [0, 0.1) is 0 Å². The lowest BCUT2D eigenvalue weighted by Gasteiger charge is -2.19. The molecule has 0 spiro atoms. The first-order valence-corrected chi connectivity index (χ1v) is 9.52. The van der Waals surface area contributed by atoms with E-state index in [1.807, 2.05) is 0 Å². The quantitative estimate of drug-likeness (QED) is 0.905. The van der Waals surface area contributed by atoms with Crippen LogP contribution in [0.4, 0.5) is 5.69 Å². The molecule has 2 aromatic rings. The first-order chi connectivity index (χ1) is 10.3. The number of rotatable bonds is 3. The first-order valence-electron chi connectivity index (χ1n) is 6.54. The Morgan fingerprint density at radius 2 is 1.59 bits per heavy atom. The van der Waals surface area contributed by atoms with Gasteiger partial charge in [0.2, 0.25) is 10.0 Å². The van der Waals surface area contributed by atoms with Crippen LogP contribution in [-0.4, -0.2) is 23.4 Å². The molecule has 2 N–H and O–H groups in total. The van der Waals surface area contributed by atoms with Gasteiger partial charge in [-0.25, -0.2) is 22.0 Å². The van der Waals surface area contributed by atoms with E-state index in [2.05, 4.69) is 0 Å². The Kier molecular flexibility index (Phi) is 3.47. The largest absolute Gasteiger partial charge is 0.266 e. The van der Waals surface area contributed by atoms with Crippen LogP contribution in [0.15, 0.2) is 58.3 Å². The number of nitrogens with two attached hydrogens (primary N) is 1. The summed E-state index contributed by atoms with van der Waals surface area (Å²) < 4.78 is 49.4. The molecule has 0 atom stereocenters. The summed E-state index contributed by atoms with van der Waals surface area (Å²) in [5.74, 6) is 0.